The Morgan fingerprint density at radius 3 is 3.00 bits per heavy atom. The molecule has 4 rings (SSSR count). The van der Waals surface area contributed by atoms with Gasteiger partial charge in [-0.2, -0.15) is 0 Å². The van der Waals surface area contributed by atoms with Crippen LogP contribution in [0.25, 0.3) is 0 Å². The number of aromatic nitrogens is 4. The van der Waals surface area contributed by atoms with Gasteiger partial charge in [0.1, 0.15) is 19.0 Å². The summed E-state index contributed by atoms with van der Waals surface area (Å²) < 4.78 is 17.5. The van der Waals surface area contributed by atoms with Crippen molar-refractivity contribution in [1.82, 2.24) is 20.6 Å². The molecule has 1 aliphatic rings. The smallest absolute Gasteiger partial charge is 0.255 e. The summed E-state index contributed by atoms with van der Waals surface area (Å²) in [5, 5.41) is 16.9. The lowest BCUT2D eigenvalue weighted by atomic mass is 10.2. The number of anilines is 1. The van der Waals surface area contributed by atoms with E-state index in [2.05, 4.69) is 38.9 Å². The minimum Gasteiger partial charge on any atom is -0.488 e. The SMILES string of the molecule is CCCCC/C=C/COc1ccc(C(=O)Nc2cccc3c2OC(c2nnn[nH]2)CO3)cc1Cl. The minimum absolute atomic E-state index is 0.242. The normalized spacial score (nSPS) is 14.8. The van der Waals surface area contributed by atoms with Crippen LogP contribution in [0.3, 0.4) is 0 Å². The number of para-hydroxylation sites is 1. The molecule has 34 heavy (non-hydrogen) atoms. The molecular formula is C24H26ClN5O4. The van der Waals surface area contributed by atoms with E-state index in [0.717, 1.165) is 6.42 Å². The van der Waals surface area contributed by atoms with Gasteiger partial charge in [-0.1, -0.05) is 49.6 Å². The van der Waals surface area contributed by atoms with Crippen molar-refractivity contribution in [1.29, 1.82) is 0 Å². The number of ether oxygens (including phenoxy) is 3. The van der Waals surface area contributed by atoms with E-state index in [1.165, 1.54) is 19.3 Å². The number of hydrogen-bond acceptors (Lipinski definition) is 7. The second-order valence-corrected chi connectivity index (χ2v) is 8.12. The molecule has 0 bridgehead atoms. The van der Waals surface area contributed by atoms with Gasteiger partial charge in [-0.25, -0.2) is 5.10 Å². The predicted molar refractivity (Wildman–Crippen MR) is 128 cm³/mol. The molecule has 9 nitrogen and oxygen atoms in total. The van der Waals surface area contributed by atoms with E-state index < -0.39 is 6.10 Å². The molecule has 10 heteroatoms. The average molecular weight is 484 g/mol. The maximum Gasteiger partial charge on any atom is 0.255 e. The highest BCUT2D eigenvalue weighted by Gasteiger charge is 2.28. The third kappa shape index (κ3) is 5.85. The number of halogens is 1. The Hall–Kier alpha value is -3.59. The zero-order valence-corrected chi connectivity index (χ0v) is 19.5. The molecular weight excluding hydrogens is 458 g/mol. The number of unbranched alkanes of at least 4 members (excludes halogenated alkanes) is 3. The van der Waals surface area contributed by atoms with Crippen molar-refractivity contribution < 1.29 is 19.0 Å². The summed E-state index contributed by atoms with van der Waals surface area (Å²) >= 11 is 6.35. The first kappa shape index (κ1) is 23.6. The van der Waals surface area contributed by atoms with Crippen molar-refractivity contribution in [3.8, 4) is 17.2 Å². The first-order valence-corrected chi connectivity index (χ1v) is 11.6. The lowest BCUT2D eigenvalue weighted by Crippen LogP contribution is -2.24. The van der Waals surface area contributed by atoms with Crippen LogP contribution in [0.2, 0.25) is 5.02 Å². The van der Waals surface area contributed by atoms with Gasteiger partial charge in [0, 0.05) is 5.56 Å². The molecule has 1 aromatic heterocycles. The fourth-order valence-corrected chi connectivity index (χ4v) is 3.65. The number of benzene rings is 2. The number of nitrogens with one attached hydrogen (secondary N) is 2. The third-order valence-corrected chi connectivity index (χ3v) is 5.51. The summed E-state index contributed by atoms with van der Waals surface area (Å²) in [5.41, 5.74) is 0.849. The number of fused-ring (bicyclic) bond motifs is 1. The number of H-pyrrole nitrogens is 1. The largest absolute Gasteiger partial charge is 0.488 e. The van der Waals surface area contributed by atoms with E-state index in [1.54, 1.807) is 36.4 Å². The fourth-order valence-electron chi connectivity index (χ4n) is 3.42. The quantitative estimate of drug-likeness (QED) is 0.303. The Balaban J connectivity index is 1.38. The van der Waals surface area contributed by atoms with E-state index in [0.29, 0.717) is 46.0 Å². The summed E-state index contributed by atoms with van der Waals surface area (Å²) in [5.74, 6) is 1.54. The molecule has 1 aliphatic heterocycles. The van der Waals surface area contributed by atoms with E-state index in [9.17, 15) is 4.79 Å². The number of nitrogens with zero attached hydrogens (tertiary/aromatic N) is 3. The maximum absolute atomic E-state index is 12.9. The second kappa shape index (κ2) is 11.5. The van der Waals surface area contributed by atoms with E-state index in [4.69, 9.17) is 25.8 Å². The topological polar surface area (TPSA) is 111 Å². The monoisotopic (exact) mass is 483 g/mol. The van der Waals surface area contributed by atoms with Crippen LogP contribution in [-0.2, 0) is 0 Å². The van der Waals surface area contributed by atoms with Crippen LogP contribution in [0.4, 0.5) is 5.69 Å². The second-order valence-electron chi connectivity index (χ2n) is 7.71. The molecule has 0 spiro atoms. The predicted octanol–water partition coefficient (Wildman–Crippen LogP) is 5.13. The maximum atomic E-state index is 12.9. The van der Waals surface area contributed by atoms with Gasteiger partial charge in [0.15, 0.2) is 23.4 Å². The van der Waals surface area contributed by atoms with Crippen molar-refractivity contribution in [3.63, 3.8) is 0 Å². The molecule has 1 atom stereocenters. The van der Waals surface area contributed by atoms with E-state index >= 15 is 0 Å². The van der Waals surface area contributed by atoms with Crippen LogP contribution in [-0.4, -0.2) is 39.7 Å². The van der Waals surface area contributed by atoms with Gasteiger partial charge < -0.3 is 19.5 Å². The van der Waals surface area contributed by atoms with Crippen LogP contribution >= 0.6 is 11.6 Å². The summed E-state index contributed by atoms with van der Waals surface area (Å²) in [6.07, 6.45) is 8.22. The zero-order valence-electron chi connectivity index (χ0n) is 18.8. The lowest BCUT2D eigenvalue weighted by molar-refractivity contribution is 0.0856. The minimum atomic E-state index is -0.521. The highest BCUT2D eigenvalue weighted by atomic mass is 35.5. The third-order valence-electron chi connectivity index (χ3n) is 5.21. The summed E-state index contributed by atoms with van der Waals surface area (Å²) in [7, 11) is 0. The van der Waals surface area contributed by atoms with Gasteiger partial charge in [0.25, 0.3) is 5.91 Å². The van der Waals surface area contributed by atoms with Gasteiger partial charge in [-0.3, -0.25) is 4.79 Å². The Morgan fingerprint density at radius 2 is 2.21 bits per heavy atom. The first-order valence-electron chi connectivity index (χ1n) is 11.2. The number of aromatic amines is 1. The molecule has 0 radical (unpaired) electrons. The first-order chi connectivity index (χ1) is 16.7. The molecule has 1 unspecified atom stereocenters. The molecule has 0 saturated carbocycles. The molecule has 1 amide bonds. The van der Waals surface area contributed by atoms with E-state index in [1.807, 2.05) is 6.08 Å². The molecule has 178 valence electrons. The Labute approximate surface area is 202 Å². The number of hydrogen-bond donors (Lipinski definition) is 2. The lowest BCUT2D eigenvalue weighted by Gasteiger charge is -2.26. The van der Waals surface area contributed by atoms with Crippen molar-refractivity contribution in [2.24, 2.45) is 0 Å². The molecule has 0 saturated heterocycles. The van der Waals surface area contributed by atoms with Crippen LogP contribution in [0.15, 0.2) is 48.6 Å². The van der Waals surface area contributed by atoms with Gasteiger partial charge >= 0.3 is 0 Å². The number of amides is 1. The zero-order chi connectivity index (χ0) is 23.8. The number of carbonyl (C=O) groups excluding carboxylic acids is 1. The summed E-state index contributed by atoms with van der Waals surface area (Å²) in [6, 6.07) is 10.2. The number of allylic oxidation sites excluding steroid dienone is 1. The van der Waals surface area contributed by atoms with Gasteiger partial charge in [-0.15, -0.1) is 5.10 Å². The van der Waals surface area contributed by atoms with Gasteiger partial charge in [-0.05, 0) is 53.6 Å². The van der Waals surface area contributed by atoms with Crippen molar-refractivity contribution in [2.75, 3.05) is 18.5 Å². The Bertz CT molecular complexity index is 1140. The number of carbonyl (C=O) groups is 1. The number of rotatable bonds is 10. The van der Waals surface area contributed by atoms with Gasteiger partial charge in [0.2, 0.25) is 0 Å². The highest BCUT2D eigenvalue weighted by molar-refractivity contribution is 6.32. The van der Waals surface area contributed by atoms with Gasteiger partial charge in [0.05, 0.1) is 10.7 Å². The molecule has 2 N–H and O–H groups in total. The number of tetrazole rings is 1. The standard InChI is InChI=1S/C24H26ClN5O4/c1-2-3-4-5-6-7-13-32-19-12-11-16(14-17(19)25)24(31)26-18-9-8-10-20-22(18)34-21(15-33-20)23-27-29-30-28-23/h6-12,14,21H,2-5,13,15H2,1H3,(H,26,31)(H,27,28,29,30)/b7-6+. The van der Waals surface area contributed by atoms with Crippen LogP contribution < -0.4 is 19.5 Å². The average Bonchev–Trinajstić information content (AvgIpc) is 3.39. The fraction of sp³-hybridized carbons (Fsp3) is 0.333. The molecule has 2 aromatic carbocycles. The Morgan fingerprint density at radius 1 is 1.29 bits per heavy atom. The summed E-state index contributed by atoms with van der Waals surface area (Å²) in [4.78, 5) is 12.9. The van der Waals surface area contributed by atoms with Crippen molar-refractivity contribution in [2.45, 2.75) is 38.7 Å². The highest BCUT2D eigenvalue weighted by Crippen LogP contribution is 2.41. The molecule has 2 heterocycles. The van der Waals surface area contributed by atoms with Crippen LogP contribution in [0.1, 0.15) is 54.9 Å². The molecule has 3 aromatic rings. The van der Waals surface area contributed by atoms with Crippen molar-refractivity contribution >= 4 is 23.2 Å². The Kier molecular flexibility index (Phi) is 7.98. The summed E-state index contributed by atoms with van der Waals surface area (Å²) in [6.45, 7) is 2.85. The molecule has 0 fully saturated rings. The van der Waals surface area contributed by atoms with E-state index in [-0.39, 0.29) is 12.5 Å². The van der Waals surface area contributed by atoms with Crippen LogP contribution in [0.5, 0.6) is 17.2 Å². The molecule has 0 aliphatic carbocycles. The van der Waals surface area contributed by atoms with Crippen LogP contribution in [0, 0.1) is 0 Å². The van der Waals surface area contributed by atoms with Crippen molar-refractivity contribution in [3.05, 3.63) is 65.0 Å².